The fourth-order valence-electron chi connectivity index (χ4n) is 1.37. The van der Waals surface area contributed by atoms with Crippen LogP contribution in [0.25, 0.3) is 5.57 Å². The summed E-state index contributed by atoms with van der Waals surface area (Å²) in [7, 11) is 0. The Morgan fingerprint density at radius 3 is 2.43 bits per heavy atom. The summed E-state index contributed by atoms with van der Waals surface area (Å²) in [5.41, 5.74) is 4.01. The fraction of sp³-hybridized carbons (Fsp3) is 0.273. The highest BCUT2D eigenvalue weighted by Crippen LogP contribution is 2.23. The predicted molar refractivity (Wildman–Crippen MR) is 59.7 cm³/mol. The van der Waals surface area contributed by atoms with Gasteiger partial charge in [0.15, 0.2) is 11.1 Å². The third-order valence-electron chi connectivity index (χ3n) is 2.30. The zero-order valence-electron chi connectivity index (χ0n) is 8.63. The molecule has 1 aromatic carbocycles. The Hall–Kier alpha value is -0.930. The molecule has 1 aromatic rings. The molecule has 76 valence electrons. The monoisotopic (exact) mass is 210 g/mol. The second-order valence-electron chi connectivity index (χ2n) is 3.44. The second-order valence-corrected chi connectivity index (χ2v) is 4.41. The van der Waals surface area contributed by atoms with Crippen LogP contribution in [0.15, 0.2) is 23.6 Å². The van der Waals surface area contributed by atoms with Crippen molar-refractivity contribution in [1.82, 2.24) is 0 Å². The van der Waals surface area contributed by atoms with E-state index in [1.165, 1.54) is 0 Å². The standard InChI is InChI=1S/C11H14O2S/c1-7(2)11-6-10(14(12)13)5-8(3)9(11)4/h5-6H,1H2,2-4H3,(H,12,13). The zero-order chi connectivity index (χ0) is 10.9. The molecule has 3 heteroatoms. The molecule has 0 heterocycles. The minimum Gasteiger partial charge on any atom is -0.302 e. The van der Waals surface area contributed by atoms with Gasteiger partial charge in [-0.2, -0.15) is 0 Å². The summed E-state index contributed by atoms with van der Waals surface area (Å²) in [6, 6.07) is 3.46. The quantitative estimate of drug-likeness (QED) is 0.762. The minimum atomic E-state index is -1.92. The van der Waals surface area contributed by atoms with Gasteiger partial charge in [-0.1, -0.05) is 12.2 Å². The van der Waals surface area contributed by atoms with Crippen LogP contribution >= 0.6 is 0 Å². The first-order valence-electron chi connectivity index (χ1n) is 4.31. The predicted octanol–water partition coefficient (Wildman–Crippen LogP) is 2.92. The van der Waals surface area contributed by atoms with E-state index in [0.717, 1.165) is 22.3 Å². The third kappa shape index (κ3) is 2.11. The van der Waals surface area contributed by atoms with E-state index < -0.39 is 11.1 Å². The number of rotatable bonds is 2. The molecule has 1 N–H and O–H groups in total. The summed E-state index contributed by atoms with van der Waals surface area (Å²) < 4.78 is 19.9. The van der Waals surface area contributed by atoms with Gasteiger partial charge in [-0.3, -0.25) is 0 Å². The van der Waals surface area contributed by atoms with Gasteiger partial charge < -0.3 is 4.55 Å². The van der Waals surface area contributed by atoms with E-state index in [-0.39, 0.29) is 0 Å². The van der Waals surface area contributed by atoms with Crippen LogP contribution in [0.5, 0.6) is 0 Å². The molecule has 1 unspecified atom stereocenters. The molecule has 0 bridgehead atoms. The Balaban J connectivity index is 3.43. The maximum Gasteiger partial charge on any atom is 0.186 e. The van der Waals surface area contributed by atoms with Gasteiger partial charge in [0, 0.05) is 0 Å². The molecule has 0 aliphatic heterocycles. The molecule has 0 fully saturated rings. The van der Waals surface area contributed by atoms with Crippen LogP contribution in [0.1, 0.15) is 23.6 Å². The first-order valence-corrected chi connectivity index (χ1v) is 5.42. The SMILES string of the molecule is C=C(C)c1cc(S(=O)O)cc(C)c1C. The van der Waals surface area contributed by atoms with E-state index >= 15 is 0 Å². The van der Waals surface area contributed by atoms with Crippen LogP contribution in [0, 0.1) is 13.8 Å². The Morgan fingerprint density at radius 1 is 1.43 bits per heavy atom. The van der Waals surface area contributed by atoms with Gasteiger partial charge >= 0.3 is 0 Å². The lowest BCUT2D eigenvalue weighted by Crippen LogP contribution is -1.95. The number of aryl methyl sites for hydroxylation is 1. The Kier molecular flexibility index (Phi) is 3.24. The van der Waals surface area contributed by atoms with E-state index in [1.54, 1.807) is 12.1 Å². The van der Waals surface area contributed by atoms with Gasteiger partial charge in [-0.05, 0) is 49.6 Å². The lowest BCUT2D eigenvalue weighted by molar-refractivity contribution is 0.564. The van der Waals surface area contributed by atoms with Crippen molar-refractivity contribution < 1.29 is 8.76 Å². The third-order valence-corrected chi connectivity index (χ3v) is 2.94. The van der Waals surface area contributed by atoms with Crippen LogP contribution in [0.3, 0.4) is 0 Å². The molecule has 14 heavy (non-hydrogen) atoms. The van der Waals surface area contributed by atoms with E-state index in [0.29, 0.717) is 4.90 Å². The van der Waals surface area contributed by atoms with E-state index in [9.17, 15) is 4.21 Å². The fourth-order valence-corrected chi connectivity index (χ4v) is 1.87. The molecular formula is C11H14O2S. The van der Waals surface area contributed by atoms with Crippen LogP contribution < -0.4 is 0 Å². The number of allylic oxidation sites excluding steroid dienone is 1. The van der Waals surface area contributed by atoms with Gasteiger partial charge in [-0.15, -0.1) is 0 Å². The molecule has 0 aliphatic rings. The first kappa shape index (κ1) is 11.1. The van der Waals surface area contributed by atoms with Crippen molar-refractivity contribution in [3.05, 3.63) is 35.4 Å². The molecule has 0 saturated heterocycles. The van der Waals surface area contributed by atoms with Gasteiger partial charge in [-0.25, -0.2) is 4.21 Å². The summed E-state index contributed by atoms with van der Waals surface area (Å²) in [6.45, 7) is 9.66. The molecule has 0 aliphatic carbocycles. The van der Waals surface area contributed by atoms with Crippen molar-refractivity contribution in [2.75, 3.05) is 0 Å². The molecule has 0 saturated carbocycles. The number of benzene rings is 1. The van der Waals surface area contributed by atoms with E-state index in [2.05, 4.69) is 6.58 Å². The zero-order valence-corrected chi connectivity index (χ0v) is 9.44. The second kappa shape index (κ2) is 4.07. The molecule has 0 radical (unpaired) electrons. The maximum atomic E-state index is 10.9. The highest BCUT2D eigenvalue weighted by molar-refractivity contribution is 7.79. The summed E-state index contributed by atoms with van der Waals surface area (Å²) in [5.74, 6) is 0. The molecular weight excluding hydrogens is 196 g/mol. The van der Waals surface area contributed by atoms with Gasteiger partial charge in [0.2, 0.25) is 0 Å². The van der Waals surface area contributed by atoms with Crippen molar-refractivity contribution in [3.63, 3.8) is 0 Å². The molecule has 0 spiro atoms. The summed E-state index contributed by atoms with van der Waals surface area (Å²) >= 11 is -1.92. The van der Waals surface area contributed by atoms with Crippen molar-refractivity contribution in [2.24, 2.45) is 0 Å². The van der Waals surface area contributed by atoms with Crippen LogP contribution in [-0.2, 0) is 11.1 Å². The Morgan fingerprint density at radius 2 is 2.00 bits per heavy atom. The summed E-state index contributed by atoms with van der Waals surface area (Å²) in [5, 5.41) is 0. The largest absolute Gasteiger partial charge is 0.302 e. The number of hydrogen-bond donors (Lipinski definition) is 1. The minimum absolute atomic E-state index is 0.436. The topological polar surface area (TPSA) is 37.3 Å². The van der Waals surface area contributed by atoms with Gasteiger partial charge in [0.1, 0.15) is 0 Å². The van der Waals surface area contributed by atoms with Crippen molar-refractivity contribution in [2.45, 2.75) is 25.7 Å². The summed E-state index contributed by atoms with van der Waals surface area (Å²) in [4.78, 5) is 0.436. The Labute approximate surface area is 86.9 Å². The number of hydrogen-bond acceptors (Lipinski definition) is 1. The average molecular weight is 210 g/mol. The maximum absolute atomic E-state index is 10.9. The van der Waals surface area contributed by atoms with Crippen molar-refractivity contribution >= 4 is 16.7 Å². The molecule has 1 rings (SSSR count). The molecule has 0 amide bonds. The lowest BCUT2D eigenvalue weighted by atomic mass is 9.99. The van der Waals surface area contributed by atoms with Gasteiger partial charge in [0.25, 0.3) is 0 Å². The molecule has 2 nitrogen and oxygen atoms in total. The normalized spacial score (nSPS) is 12.6. The molecule has 1 atom stereocenters. The average Bonchev–Trinajstić information content (AvgIpc) is 2.08. The van der Waals surface area contributed by atoms with E-state index in [1.807, 2.05) is 20.8 Å². The Bertz CT molecular complexity index is 408. The highest BCUT2D eigenvalue weighted by Gasteiger charge is 2.07. The lowest BCUT2D eigenvalue weighted by Gasteiger charge is -2.10. The van der Waals surface area contributed by atoms with Crippen LogP contribution in [0.2, 0.25) is 0 Å². The van der Waals surface area contributed by atoms with Crippen LogP contribution in [-0.4, -0.2) is 8.76 Å². The van der Waals surface area contributed by atoms with Crippen LogP contribution in [0.4, 0.5) is 0 Å². The van der Waals surface area contributed by atoms with Crippen molar-refractivity contribution in [3.8, 4) is 0 Å². The first-order chi connectivity index (χ1) is 6.43. The van der Waals surface area contributed by atoms with Crippen molar-refractivity contribution in [1.29, 1.82) is 0 Å². The van der Waals surface area contributed by atoms with Gasteiger partial charge in [0.05, 0.1) is 4.90 Å². The highest BCUT2D eigenvalue weighted by atomic mass is 32.2. The van der Waals surface area contributed by atoms with E-state index in [4.69, 9.17) is 4.55 Å². The molecule has 0 aromatic heterocycles. The smallest absolute Gasteiger partial charge is 0.186 e. The summed E-state index contributed by atoms with van der Waals surface area (Å²) in [6.07, 6.45) is 0.